The van der Waals surface area contributed by atoms with Crippen molar-refractivity contribution in [1.82, 2.24) is 0 Å². The first kappa shape index (κ1) is 13.7. The molecule has 0 fully saturated rings. The third-order valence-corrected chi connectivity index (χ3v) is 7.05. The van der Waals surface area contributed by atoms with Crippen molar-refractivity contribution in [2.45, 2.75) is 25.1 Å². The van der Waals surface area contributed by atoms with Crippen LogP contribution in [-0.2, 0) is 0 Å². The summed E-state index contributed by atoms with van der Waals surface area (Å²) in [7, 11) is 0. The Kier molecular flexibility index (Phi) is 5.30. The topological polar surface area (TPSA) is 12.0 Å². The molecular formula is C15H19NSSe. The average molecular weight is 324 g/mol. The van der Waals surface area contributed by atoms with Gasteiger partial charge >= 0.3 is 120 Å². The summed E-state index contributed by atoms with van der Waals surface area (Å²) in [5.41, 5.74) is 1.34. The molecule has 1 unspecified atom stereocenters. The molecule has 2 rings (SSSR count). The third-order valence-electron chi connectivity index (χ3n) is 2.75. The SMILES string of the molecule is CCNc1ccsc1C(CC)[Se]c1ccccc1. The van der Waals surface area contributed by atoms with Crippen LogP contribution >= 0.6 is 11.3 Å². The van der Waals surface area contributed by atoms with Crippen molar-refractivity contribution in [2.24, 2.45) is 0 Å². The number of benzene rings is 1. The molecule has 0 aliphatic rings. The minimum atomic E-state index is 0.519. The Balaban J connectivity index is 2.15. The van der Waals surface area contributed by atoms with Gasteiger partial charge in [-0.15, -0.1) is 0 Å². The van der Waals surface area contributed by atoms with Crippen molar-refractivity contribution < 1.29 is 0 Å². The van der Waals surface area contributed by atoms with Crippen molar-refractivity contribution in [3.05, 3.63) is 46.7 Å². The first-order valence-electron chi connectivity index (χ1n) is 6.38. The predicted octanol–water partition coefficient (Wildman–Crippen LogP) is 3.66. The summed E-state index contributed by atoms with van der Waals surface area (Å²) in [5, 5.41) is 5.68. The molecule has 0 saturated carbocycles. The van der Waals surface area contributed by atoms with Crippen molar-refractivity contribution >= 4 is 36.4 Å². The molecule has 0 aliphatic heterocycles. The minimum absolute atomic E-state index is 0.519. The summed E-state index contributed by atoms with van der Waals surface area (Å²) in [6.45, 7) is 5.45. The number of hydrogen-bond donors (Lipinski definition) is 1. The van der Waals surface area contributed by atoms with E-state index in [1.54, 1.807) is 0 Å². The van der Waals surface area contributed by atoms with E-state index >= 15 is 0 Å². The van der Waals surface area contributed by atoms with Crippen LogP contribution in [0.1, 0.15) is 30.0 Å². The van der Waals surface area contributed by atoms with Crippen LogP contribution in [0.15, 0.2) is 41.8 Å². The first-order chi connectivity index (χ1) is 8.85. The molecule has 1 atom stereocenters. The third kappa shape index (κ3) is 3.38. The fourth-order valence-corrected chi connectivity index (χ4v) is 5.62. The number of rotatable bonds is 6. The standard InChI is InChI=1S/C15H19NSSe/c1-3-14(18-12-8-6-5-7-9-12)15-13(16-4-2)10-11-17-15/h5-11,14,16H,3-4H2,1-2H3. The number of hydrogen-bond acceptors (Lipinski definition) is 2. The molecule has 0 bridgehead atoms. The van der Waals surface area contributed by atoms with E-state index in [0.717, 1.165) is 6.54 Å². The van der Waals surface area contributed by atoms with Crippen molar-refractivity contribution in [1.29, 1.82) is 0 Å². The monoisotopic (exact) mass is 325 g/mol. The van der Waals surface area contributed by atoms with Crippen LogP contribution < -0.4 is 9.78 Å². The predicted molar refractivity (Wildman–Crippen MR) is 83.3 cm³/mol. The summed E-state index contributed by atoms with van der Waals surface area (Å²) in [5.74, 6) is 0. The van der Waals surface area contributed by atoms with Crippen molar-refractivity contribution in [3.63, 3.8) is 0 Å². The van der Waals surface area contributed by atoms with Crippen LogP contribution in [0, 0.1) is 0 Å². The summed E-state index contributed by atoms with van der Waals surface area (Å²) >= 11 is 2.41. The number of thiophene rings is 1. The van der Waals surface area contributed by atoms with E-state index in [1.807, 2.05) is 11.3 Å². The Morgan fingerprint density at radius 2 is 1.94 bits per heavy atom. The zero-order valence-corrected chi connectivity index (χ0v) is 13.4. The zero-order chi connectivity index (χ0) is 12.8. The van der Waals surface area contributed by atoms with Crippen LogP contribution in [0.3, 0.4) is 0 Å². The van der Waals surface area contributed by atoms with Gasteiger partial charge in [0.15, 0.2) is 0 Å². The molecule has 0 radical (unpaired) electrons. The van der Waals surface area contributed by atoms with Gasteiger partial charge in [-0.1, -0.05) is 0 Å². The fraction of sp³-hybridized carbons (Fsp3) is 0.333. The normalized spacial score (nSPS) is 12.3. The van der Waals surface area contributed by atoms with Crippen LogP contribution in [0.4, 0.5) is 5.69 Å². The molecule has 1 nitrogen and oxygen atoms in total. The van der Waals surface area contributed by atoms with Gasteiger partial charge < -0.3 is 0 Å². The molecular weight excluding hydrogens is 305 g/mol. The molecule has 0 aliphatic carbocycles. The quantitative estimate of drug-likeness (QED) is 0.800. The van der Waals surface area contributed by atoms with Gasteiger partial charge in [0.2, 0.25) is 0 Å². The summed E-state index contributed by atoms with van der Waals surface area (Å²) in [6.07, 6.45) is 1.22. The van der Waals surface area contributed by atoms with Gasteiger partial charge in [0.1, 0.15) is 0 Å². The molecule has 96 valence electrons. The van der Waals surface area contributed by atoms with Gasteiger partial charge in [-0.25, -0.2) is 0 Å². The van der Waals surface area contributed by atoms with Gasteiger partial charge in [-0.2, -0.15) is 0 Å². The maximum absolute atomic E-state index is 3.48. The van der Waals surface area contributed by atoms with Gasteiger partial charge in [0, 0.05) is 0 Å². The van der Waals surface area contributed by atoms with Crippen LogP contribution in [0.25, 0.3) is 0 Å². The molecule has 0 saturated heterocycles. The van der Waals surface area contributed by atoms with E-state index in [-0.39, 0.29) is 0 Å². The summed E-state index contributed by atoms with van der Waals surface area (Å²) in [4.78, 5) is 2.22. The molecule has 1 N–H and O–H groups in total. The van der Waals surface area contributed by atoms with Gasteiger partial charge in [-0.05, 0) is 0 Å². The Morgan fingerprint density at radius 1 is 1.17 bits per heavy atom. The van der Waals surface area contributed by atoms with Crippen molar-refractivity contribution in [2.75, 3.05) is 11.9 Å². The molecule has 2 aromatic rings. The fourth-order valence-electron chi connectivity index (χ4n) is 1.89. The number of anilines is 1. The number of nitrogens with one attached hydrogen (secondary N) is 1. The van der Waals surface area contributed by atoms with Crippen molar-refractivity contribution in [3.8, 4) is 0 Å². The second kappa shape index (κ2) is 6.98. The molecule has 18 heavy (non-hydrogen) atoms. The van der Waals surface area contributed by atoms with Gasteiger partial charge in [-0.3, -0.25) is 0 Å². The molecule has 0 spiro atoms. The molecule has 0 amide bonds. The maximum atomic E-state index is 3.48. The van der Waals surface area contributed by atoms with Crippen LogP contribution in [0.2, 0.25) is 0 Å². The molecule has 1 heterocycles. The summed E-state index contributed by atoms with van der Waals surface area (Å²) in [6, 6.07) is 13.1. The molecule has 1 aromatic carbocycles. The Morgan fingerprint density at radius 3 is 2.61 bits per heavy atom. The van der Waals surface area contributed by atoms with Gasteiger partial charge in [0.25, 0.3) is 0 Å². The Labute approximate surface area is 120 Å². The Bertz CT molecular complexity index is 466. The summed E-state index contributed by atoms with van der Waals surface area (Å²) < 4.78 is 1.49. The van der Waals surface area contributed by atoms with Gasteiger partial charge in [0.05, 0.1) is 0 Å². The van der Waals surface area contributed by atoms with E-state index < -0.39 is 0 Å². The van der Waals surface area contributed by atoms with E-state index in [4.69, 9.17) is 0 Å². The zero-order valence-electron chi connectivity index (χ0n) is 10.8. The van der Waals surface area contributed by atoms with E-state index in [2.05, 4.69) is 60.9 Å². The van der Waals surface area contributed by atoms with E-state index in [0.29, 0.717) is 19.8 Å². The Hall–Kier alpha value is -0.761. The molecule has 1 aromatic heterocycles. The van der Waals surface area contributed by atoms with Crippen LogP contribution in [0.5, 0.6) is 0 Å². The van der Waals surface area contributed by atoms with Crippen LogP contribution in [-0.4, -0.2) is 21.5 Å². The van der Waals surface area contributed by atoms with E-state index in [9.17, 15) is 0 Å². The second-order valence-electron chi connectivity index (χ2n) is 4.06. The average Bonchev–Trinajstić information content (AvgIpc) is 2.86. The second-order valence-corrected chi connectivity index (χ2v) is 7.68. The van der Waals surface area contributed by atoms with E-state index in [1.165, 1.54) is 21.4 Å². The molecule has 3 heteroatoms. The first-order valence-corrected chi connectivity index (χ1v) is 9.10.